The Morgan fingerprint density at radius 2 is 0.980 bits per heavy atom. The van der Waals surface area contributed by atoms with Gasteiger partial charge in [-0.3, -0.25) is 0 Å². The van der Waals surface area contributed by atoms with Gasteiger partial charge in [-0.2, -0.15) is 0 Å². The molecule has 3 heteroatoms. The number of furan rings is 2. The molecule has 3 aromatic heterocycles. The van der Waals surface area contributed by atoms with Crippen molar-refractivity contribution in [2.24, 2.45) is 0 Å². The smallest absolute Gasteiger partial charge is 0.147 e. The highest BCUT2D eigenvalue weighted by Gasteiger charge is 2.27. The number of benzene rings is 8. The lowest BCUT2D eigenvalue weighted by molar-refractivity contribution is 0.631. The number of fused-ring (bicyclic) bond motifs is 10. The number of rotatable bonds is 3. The van der Waals surface area contributed by atoms with E-state index in [1.54, 1.807) is 0 Å². The third-order valence-electron chi connectivity index (χ3n) is 10.1. The van der Waals surface area contributed by atoms with E-state index in [1.807, 2.05) is 23.5 Å². The summed E-state index contributed by atoms with van der Waals surface area (Å²) in [4.78, 5) is 0. The molecule has 0 aliphatic heterocycles. The Morgan fingerprint density at radius 1 is 0.367 bits per heavy atom. The second kappa shape index (κ2) is 10.2. The lowest BCUT2D eigenvalue weighted by atomic mass is 9.84. The summed E-state index contributed by atoms with van der Waals surface area (Å²) in [7, 11) is 0. The summed E-state index contributed by atoms with van der Waals surface area (Å²) in [6.07, 6.45) is 0. The normalized spacial score (nSPS) is 12.1. The maximum Gasteiger partial charge on any atom is 0.147 e. The molecule has 11 rings (SSSR count). The second-order valence-electron chi connectivity index (χ2n) is 12.7. The second-order valence-corrected chi connectivity index (χ2v) is 13.8. The minimum Gasteiger partial charge on any atom is -0.455 e. The van der Waals surface area contributed by atoms with Crippen LogP contribution in [-0.4, -0.2) is 0 Å². The largest absolute Gasteiger partial charge is 0.455 e. The summed E-state index contributed by atoms with van der Waals surface area (Å²) in [6, 6.07) is 56.3. The van der Waals surface area contributed by atoms with Crippen molar-refractivity contribution in [3.05, 3.63) is 158 Å². The topological polar surface area (TPSA) is 26.3 Å². The van der Waals surface area contributed by atoms with Gasteiger partial charge in [0.2, 0.25) is 0 Å². The van der Waals surface area contributed by atoms with Crippen molar-refractivity contribution in [3.8, 4) is 33.6 Å². The molecule has 0 radical (unpaired) electrons. The molecule has 11 aromatic rings. The van der Waals surface area contributed by atoms with Crippen LogP contribution in [-0.2, 0) is 0 Å². The fourth-order valence-corrected chi connectivity index (χ4v) is 9.25. The van der Waals surface area contributed by atoms with E-state index >= 15 is 0 Å². The van der Waals surface area contributed by atoms with Crippen molar-refractivity contribution in [1.82, 2.24) is 0 Å². The van der Waals surface area contributed by atoms with Gasteiger partial charge < -0.3 is 8.83 Å². The van der Waals surface area contributed by atoms with Crippen LogP contribution < -0.4 is 0 Å². The molecule has 0 bridgehead atoms. The van der Waals surface area contributed by atoms with Crippen LogP contribution in [0.25, 0.3) is 108 Å². The van der Waals surface area contributed by atoms with E-state index in [-0.39, 0.29) is 0 Å². The third-order valence-corrected chi connectivity index (χ3v) is 11.3. The van der Waals surface area contributed by atoms with Gasteiger partial charge in [-0.1, -0.05) is 133 Å². The molecule has 3 heterocycles. The fraction of sp³-hybridized carbons (Fsp3) is 0. The van der Waals surface area contributed by atoms with E-state index in [1.165, 1.54) is 52.8 Å². The lowest BCUT2D eigenvalue weighted by Gasteiger charge is -2.18. The van der Waals surface area contributed by atoms with Crippen LogP contribution in [0.1, 0.15) is 0 Å². The summed E-state index contributed by atoms with van der Waals surface area (Å²) >= 11 is 1.88. The number of hydrogen-bond donors (Lipinski definition) is 0. The zero-order valence-corrected chi connectivity index (χ0v) is 27.1. The molecule has 0 N–H and O–H groups in total. The van der Waals surface area contributed by atoms with Crippen molar-refractivity contribution in [2.45, 2.75) is 0 Å². The molecule has 2 nitrogen and oxygen atoms in total. The molecular formula is C46H26O2S. The van der Waals surface area contributed by atoms with Crippen molar-refractivity contribution in [1.29, 1.82) is 0 Å². The van der Waals surface area contributed by atoms with Gasteiger partial charge in [0.05, 0.1) is 5.39 Å². The molecule has 8 aromatic carbocycles. The Bertz CT molecular complexity index is 3050. The van der Waals surface area contributed by atoms with Crippen LogP contribution in [0.5, 0.6) is 0 Å². The molecule has 0 amide bonds. The molecule has 0 aliphatic rings. The molecule has 49 heavy (non-hydrogen) atoms. The molecule has 228 valence electrons. The van der Waals surface area contributed by atoms with E-state index in [4.69, 9.17) is 8.83 Å². The van der Waals surface area contributed by atoms with Gasteiger partial charge in [-0.25, -0.2) is 0 Å². The molecular weight excluding hydrogens is 617 g/mol. The van der Waals surface area contributed by atoms with Crippen LogP contribution in [0.3, 0.4) is 0 Å². The van der Waals surface area contributed by atoms with E-state index in [0.29, 0.717) is 0 Å². The molecule has 0 saturated carbocycles. The van der Waals surface area contributed by atoms with E-state index < -0.39 is 0 Å². The Labute approximate surface area is 285 Å². The van der Waals surface area contributed by atoms with E-state index in [0.717, 1.165) is 55.4 Å². The predicted octanol–water partition coefficient (Wildman–Crippen LogP) is 14.0. The van der Waals surface area contributed by atoms with Crippen molar-refractivity contribution >= 4 is 86.0 Å². The zero-order valence-electron chi connectivity index (χ0n) is 26.2. The summed E-state index contributed by atoms with van der Waals surface area (Å²) in [5, 5.41) is 10.6. The zero-order chi connectivity index (χ0) is 32.1. The highest BCUT2D eigenvalue weighted by atomic mass is 32.1. The monoisotopic (exact) mass is 642 g/mol. The Kier molecular flexibility index (Phi) is 5.57. The molecule has 0 fully saturated rings. The summed E-state index contributed by atoms with van der Waals surface area (Å²) in [5.74, 6) is 0.846. The van der Waals surface area contributed by atoms with Crippen LogP contribution >= 0.6 is 11.3 Å². The Hall–Kier alpha value is -6.16. The molecule has 0 atom stereocenters. The Balaban J connectivity index is 1.34. The van der Waals surface area contributed by atoms with Gasteiger partial charge in [0.15, 0.2) is 0 Å². The maximum absolute atomic E-state index is 6.89. The lowest BCUT2D eigenvalue weighted by Crippen LogP contribution is -1.92. The minimum atomic E-state index is 0.813. The van der Waals surface area contributed by atoms with Gasteiger partial charge >= 0.3 is 0 Å². The summed E-state index contributed by atoms with van der Waals surface area (Å²) in [5.41, 5.74) is 8.31. The first-order valence-electron chi connectivity index (χ1n) is 16.6. The molecule has 0 aliphatic carbocycles. The fourth-order valence-electron chi connectivity index (χ4n) is 8.03. The highest BCUT2D eigenvalue weighted by Crippen LogP contribution is 2.52. The van der Waals surface area contributed by atoms with Crippen LogP contribution in [0, 0.1) is 0 Å². The molecule has 0 spiro atoms. The van der Waals surface area contributed by atoms with Gasteiger partial charge in [-0.15, -0.1) is 11.3 Å². The SMILES string of the molecule is c1ccc(-c2oc3ccc4c5ccccc5oc4c3c2-c2c3ccccc3c(-c3cccc4c3sc3ccccc34)c3ccccc23)cc1. The minimum absolute atomic E-state index is 0.813. The van der Waals surface area contributed by atoms with Crippen LogP contribution in [0.4, 0.5) is 0 Å². The predicted molar refractivity (Wildman–Crippen MR) is 208 cm³/mol. The summed E-state index contributed by atoms with van der Waals surface area (Å²) < 4.78 is 16.2. The standard InChI is InChI=1S/C46H26O2S/c1-2-13-27(14-3-1)44-43(42-38(48-44)26-25-34-28-15-8-10-23-37(28)47-45(34)42)41-32-19-6-4-17-30(32)40(31-18-5-7-20-33(31)41)36-22-12-21-35-29-16-9-11-24-39(29)49-46(35)36/h1-26H. The van der Waals surface area contributed by atoms with E-state index in [9.17, 15) is 0 Å². The highest BCUT2D eigenvalue weighted by molar-refractivity contribution is 7.26. The molecule has 0 saturated heterocycles. The van der Waals surface area contributed by atoms with Gasteiger partial charge in [-0.05, 0) is 51.4 Å². The van der Waals surface area contributed by atoms with Crippen LogP contribution in [0.15, 0.2) is 167 Å². The van der Waals surface area contributed by atoms with Crippen molar-refractivity contribution in [3.63, 3.8) is 0 Å². The third kappa shape index (κ3) is 3.76. The number of hydrogen-bond acceptors (Lipinski definition) is 3. The first-order chi connectivity index (χ1) is 24.3. The van der Waals surface area contributed by atoms with Gasteiger partial charge in [0.25, 0.3) is 0 Å². The average Bonchev–Trinajstić information content (AvgIpc) is 3.86. The quantitative estimate of drug-likeness (QED) is 0.179. The average molecular weight is 643 g/mol. The Morgan fingerprint density at radius 3 is 1.73 bits per heavy atom. The molecule has 0 unspecified atom stereocenters. The number of para-hydroxylation sites is 1. The van der Waals surface area contributed by atoms with Crippen molar-refractivity contribution in [2.75, 3.05) is 0 Å². The number of thiophene rings is 1. The van der Waals surface area contributed by atoms with E-state index in [2.05, 4.69) is 146 Å². The maximum atomic E-state index is 6.89. The van der Waals surface area contributed by atoms with Gasteiger partial charge in [0.1, 0.15) is 22.5 Å². The van der Waals surface area contributed by atoms with Gasteiger partial charge in [0, 0.05) is 53.2 Å². The van der Waals surface area contributed by atoms with Crippen molar-refractivity contribution < 1.29 is 8.83 Å². The first-order valence-corrected chi connectivity index (χ1v) is 17.4. The van der Waals surface area contributed by atoms with Crippen LogP contribution in [0.2, 0.25) is 0 Å². The summed E-state index contributed by atoms with van der Waals surface area (Å²) in [6.45, 7) is 0. The first kappa shape index (κ1) is 26.9.